The second-order valence-electron chi connectivity index (χ2n) is 7.72. The van der Waals surface area contributed by atoms with Crippen molar-refractivity contribution in [1.29, 1.82) is 0 Å². The standard InChI is InChI=1S/C19H29NO/c1-19(2,3)20-13-15-7-4-5-9-16(15)17-10-6-8-14-11-12-21-18(14)17/h6,8,10,15-16,20H,4-5,7,9,11-13H2,1-3H3. The Morgan fingerprint density at radius 1 is 1.19 bits per heavy atom. The fourth-order valence-corrected chi connectivity index (χ4v) is 3.83. The summed E-state index contributed by atoms with van der Waals surface area (Å²) in [5.74, 6) is 2.63. The summed E-state index contributed by atoms with van der Waals surface area (Å²) >= 11 is 0. The van der Waals surface area contributed by atoms with Crippen LogP contribution in [-0.2, 0) is 6.42 Å². The molecule has 1 aliphatic heterocycles. The van der Waals surface area contributed by atoms with Crippen LogP contribution in [0.4, 0.5) is 0 Å². The summed E-state index contributed by atoms with van der Waals surface area (Å²) in [6, 6.07) is 6.77. The Balaban J connectivity index is 1.80. The Morgan fingerprint density at radius 2 is 2.00 bits per heavy atom. The van der Waals surface area contributed by atoms with E-state index in [1.54, 1.807) is 0 Å². The topological polar surface area (TPSA) is 21.3 Å². The van der Waals surface area contributed by atoms with Crippen LogP contribution in [0.3, 0.4) is 0 Å². The molecule has 0 bridgehead atoms. The first-order chi connectivity index (χ1) is 10.0. The zero-order chi connectivity index (χ0) is 14.9. The van der Waals surface area contributed by atoms with E-state index in [0.717, 1.165) is 25.5 Å². The van der Waals surface area contributed by atoms with Crippen molar-refractivity contribution in [3.05, 3.63) is 29.3 Å². The molecule has 0 aromatic heterocycles. The third-order valence-electron chi connectivity index (χ3n) is 4.95. The summed E-state index contributed by atoms with van der Waals surface area (Å²) in [7, 11) is 0. The van der Waals surface area contributed by atoms with E-state index in [-0.39, 0.29) is 5.54 Å². The lowest BCUT2D eigenvalue weighted by Crippen LogP contribution is -2.41. The van der Waals surface area contributed by atoms with Crippen molar-refractivity contribution >= 4 is 0 Å². The van der Waals surface area contributed by atoms with Crippen molar-refractivity contribution < 1.29 is 4.74 Å². The van der Waals surface area contributed by atoms with Gasteiger partial charge in [-0.05, 0) is 63.1 Å². The first kappa shape index (κ1) is 14.9. The van der Waals surface area contributed by atoms with Crippen molar-refractivity contribution in [2.45, 2.75) is 64.3 Å². The van der Waals surface area contributed by atoms with E-state index in [9.17, 15) is 0 Å². The Bertz CT molecular complexity index is 489. The monoisotopic (exact) mass is 287 g/mol. The molecule has 1 N–H and O–H groups in total. The maximum atomic E-state index is 5.96. The summed E-state index contributed by atoms with van der Waals surface area (Å²) in [5.41, 5.74) is 3.10. The molecule has 21 heavy (non-hydrogen) atoms. The van der Waals surface area contributed by atoms with E-state index in [2.05, 4.69) is 44.3 Å². The van der Waals surface area contributed by atoms with E-state index < -0.39 is 0 Å². The maximum Gasteiger partial charge on any atom is 0.126 e. The van der Waals surface area contributed by atoms with Gasteiger partial charge >= 0.3 is 0 Å². The minimum atomic E-state index is 0.205. The summed E-state index contributed by atoms with van der Waals surface area (Å²) in [6.45, 7) is 8.76. The molecule has 2 atom stereocenters. The van der Waals surface area contributed by atoms with Gasteiger partial charge in [-0.1, -0.05) is 31.0 Å². The molecule has 1 fully saturated rings. The first-order valence-corrected chi connectivity index (χ1v) is 8.54. The van der Waals surface area contributed by atoms with Gasteiger partial charge < -0.3 is 10.1 Å². The second kappa shape index (κ2) is 6.00. The molecule has 3 rings (SSSR count). The number of nitrogens with one attached hydrogen (secondary N) is 1. The van der Waals surface area contributed by atoms with E-state index in [4.69, 9.17) is 4.74 Å². The van der Waals surface area contributed by atoms with Crippen LogP contribution in [0.5, 0.6) is 5.75 Å². The highest BCUT2D eigenvalue weighted by Crippen LogP contribution is 2.43. The van der Waals surface area contributed by atoms with E-state index >= 15 is 0 Å². The van der Waals surface area contributed by atoms with Crippen molar-refractivity contribution in [3.63, 3.8) is 0 Å². The van der Waals surface area contributed by atoms with Crippen LogP contribution in [0.15, 0.2) is 18.2 Å². The molecule has 1 heterocycles. The average molecular weight is 287 g/mol. The highest BCUT2D eigenvalue weighted by atomic mass is 16.5. The lowest BCUT2D eigenvalue weighted by molar-refractivity contribution is 0.263. The third kappa shape index (κ3) is 3.42. The van der Waals surface area contributed by atoms with E-state index in [1.807, 2.05) is 0 Å². The number of ether oxygens (including phenoxy) is 1. The summed E-state index contributed by atoms with van der Waals surface area (Å²) in [6.07, 6.45) is 6.48. The molecule has 0 spiro atoms. The van der Waals surface area contributed by atoms with E-state index in [0.29, 0.717) is 5.92 Å². The molecule has 2 unspecified atom stereocenters. The van der Waals surface area contributed by atoms with Crippen LogP contribution < -0.4 is 10.1 Å². The molecule has 2 heteroatoms. The van der Waals surface area contributed by atoms with Gasteiger partial charge in [0.25, 0.3) is 0 Å². The van der Waals surface area contributed by atoms with Gasteiger partial charge in [0.15, 0.2) is 0 Å². The average Bonchev–Trinajstić information content (AvgIpc) is 2.93. The van der Waals surface area contributed by atoms with Gasteiger partial charge in [0.05, 0.1) is 6.61 Å². The predicted molar refractivity (Wildman–Crippen MR) is 88.1 cm³/mol. The van der Waals surface area contributed by atoms with Crippen molar-refractivity contribution in [2.24, 2.45) is 5.92 Å². The van der Waals surface area contributed by atoms with Crippen LogP contribution in [0.25, 0.3) is 0 Å². The number of para-hydroxylation sites is 1. The van der Waals surface area contributed by atoms with E-state index in [1.165, 1.54) is 42.6 Å². The van der Waals surface area contributed by atoms with Crippen LogP contribution >= 0.6 is 0 Å². The van der Waals surface area contributed by atoms with Gasteiger partial charge in [-0.25, -0.2) is 0 Å². The van der Waals surface area contributed by atoms with Gasteiger partial charge in [0.1, 0.15) is 5.75 Å². The van der Waals surface area contributed by atoms with Crippen LogP contribution in [0.2, 0.25) is 0 Å². The second-order valence-corrected chi connectivity index (χ2v) is 7.72. The zero-order valence-corrected chi connectivity index (χ0v) is 13.7. The summed E-state index contributed by atoms with van der Waals surface area (Å²) in [4.78, 5) is 0. The quantitative estimate of drug-likeness (QED) is 0.895. The molecule has 0 saturated heterocycles. The number of hydrogen-bond donors (Lipinski definition) is 1. The first-order valence-electron chi connectivity index (χ1n) is 8.54. The van der Waals surface area contributed by atoms with Crippen LogP contribution in [0, 0.1) is 5.92 Å². The normalized spacial score (nSPS) is 25.5. The Labute approximate surface area is 129 Å². The molecule has 1 saturated carbocycles. The minimum absolute atomic E-state index is 0.205. The van der Waals surface area contributed by atoms with Gasteiger partial charge in [0.2, 0.25) is 0 Å². The molecule has 2 aliphatic rings. The maximum absolute atomic E-state index is 5.96. The van der Waals surface area contributed by atoms with Crippen molar-refractivity contribution in [2.75, 3.05) is 13.2 Å². The number of hydrogen-bond acceptors (Lipinski definition) is 2. The smallest absolute Gasteiger partial charge is 0.126 e. The zero-order valence-electron chi connectivity index (χ0n) is 13.7. The SMILES string of the molecule is CC(C)(C)NCC1CCCCC1c1cccc2c1OCC2. The van der Waals surface area contributed by atoms with Crippen molar-refractivity contribution in [1.82, 2.24) is 5.32 Å². The van der Waals surface area contributed by atoms with Gasteiger partial charge in [0, 0.05) is 12.0 Å². The van der Waals surface area contributed by atoms with Gasteiger partial charge in [-0.2, -0.15) is 0 Å². The molecule has 2 nitrogen and oxygen atoms in total. The Hall–Kier alpha value is -1.02. The molecule has 1 aliphatic carbocycles. The fourth-order valence-electron chi connectivity index (χ4n) is 3.83. The summed E-state index contributed by atoms with van der Waals surface area (Å²) < 4.78 is 5.96. The van der Waals surface area contributed by atoms with Crippen molar-refractivity contribution in [3.8, 4) is 5.75 Å². The minimum Gasteiger partial charge on any atom is -0.493 e. The lowest BCUT2D eigenvalue weighted by atomic mass is 9.74. The Kier molecular flexibility index (Phi) is 4.26. The Morgan fingerprint density at radius 3 is 2.81 bits per heavy atom. The van der Waals surface area contributed by atoms with Gasteiger partial charge in [-0.15, -0.1) is 0 Å². The predicted octanol–water partition coefficient (Wildman–Crippen LogP) is 4.28. The molecular formula is C19H29NO. The number of benzene rings is 1. The molecule has 1 aromatic rings. The van der Waals surface area contributed by atoms with Crippen LogP contribution in [-0.4, -0.2) is 18.7 Å². The number of fused-ring (bicyclic) bond motifs is 1. The molecule has 1 aromatic carbocycles. The summed E-state index contributed by atoms with van der Waals surface area (Å²) in [5, 5.41) is 3.72. The highest BCUT2D eigenvalue weighted by molar-refractivity contribution is 5.46. The number of rotatable bonds is 3. The third-order valence-corrected chi connectivity index (χ3v) is 4.95. The molecule has 0 amide bonds. The van der Waals surface area contributed by atoms with Gasteiger partial charge in [-0.3, -0.25) is 0 Å². The highest BCUT2D eigenvalue weighted by Gasteiger charge is 2.31. The largest absolute Gasteiger partial charge is 0.493 e. The molecular weight excluding hydrogens is 258 g/mol. The fraction of sp³-hybridized carbons (Fsp3) is 0.684. The molecule has 116 valence electrons. The van der Waals surface area contributed by atoms with Crippen LogP contribution in [0.1, 0.15) is 63.5 Å². The lowest BCUT2D eigenvalue weighted by Gasteiger charge is -2.35. The molecule has 0 radical (unpaired) electrons.